The summed E-state index contributed by atoms with van der Waals surface area (Å²) in [7, 11) is -3.22. The van der Waals surface area contributed by atoms with Crippen molar-refractivity contribution < 1.29 is 22.7 Å². The second kappa shape index (κ2) is 7.65. The van der Waals surface area contributed by atoms with Crippen LogP contribution >= 0.6 is 0 Å². The molecule has 7 nitrogen and oxygen atoms in total. The number of hydrogen-bond acceptors (Lipinski definition) is 6. The monoisotopic (exact) mass is 376 g/mol. The van der Waals surface area contributed by atoms with E-state index in [1.54, 1.807) is 19.1 Å². The summed E-state index contributed by atoms with van der Waals surface area (Å²) in [5.74, 6) is 1.27. The summed E-state index contributed by atoms with van der Waals surface area (Å²) < 4.78 is 34.1. The van der Waals surface area contributed by atoms with E-state index in [2.05, 4.69) is 10.6 Å². The van der Waals surface area contributed by atoms with Gasteiger partial charge in [-0.15, -0.1) is 0 Å². The van der Waals surface area contributed by atoms with Crippen molar-refractivity contribution in [2.45, 2.75) is 18.4 Å². The molecule has 26 heavy (non-hydrogen) atoms. The number of nitrogens with one attached hydrogen (secondary N) is 2. The normalized spacial score (nSPS) is 12.7. The summed E-state index contributed by atoms with van der Waals surface area (Å²) in [4.78, 5) is 12.2. The smallest absolute Gasteiger partial charge is 0.239 e. The van der Waals surface area contributed by atoms with Crippen LogP contribution in [0.25, 0.3) is 0 Å². The lowest BCUT2D eigenvalue weighted by molar-refractivity contribution is -0.119. The van der Waals surface area contributed by atoms with Gasteiger partial charge in [-0.2, -0.15) is 0 Å². The third-order valence-corrected chi connectivity index (χ3v) is 5.72. The van der Waals surface area contributed by atoms with Gasteiger partial charge in [-0.1, -0.05) is 13.0 Å². The third kappa shape index (κ3) is 4.26. The van der Waals surface area contributed by atoms with Gasteiger partial charge in [-0.3, -0.25) is 4.79 Å². The molecule has 0 aliphatic carbocycles. The molecule has 2 N–H and O–H groups in total. The average Bonchev–Trinajstić information content (AvgIpc) is 3.13. The van der Waals surface area contributed by atoms with Crippen LogP contribution in [0.1, 0.15) is 12.5 Å². The Morgan fingerprint density at radius 1 is 1.08 bits per heavy atom. The Kier molecular flexibility index (Phi) is 5.32. The average molecular weight is 376 g/mol. The predicted octanol–water partition coefficient (Wildman–Crippen LogP) is 1.94. The quantitative estimate of drug-likeness (QED) is 0.767. The number of hydrogen-bond donors (Lipinski definition) is 2. The highest BCUT2D eigenvalue weighted by atomic mass is 32.2. The van der Waals surface area contributed by atoms with Crippen molar-refractivity contribution in [1.29, 1.82) is 0 Å². The largest absolute Gasteiger partial charge is 0.454 e. The summed E-state index contributed by atoms with van der Waals surface area (Å²) in [6.45, 7) is 2.29. The van der Waals surface area contributed by atoms with E-state index < -0.39 is 9.84 Å². The number of rotatable bonds is 7. The van der Waals surface area contributed by atoms with E-state index in [1.165, 1.54) is 12.1 Å². The van der Waals surface area contributed by atoms with Crippen LogP contribution in [0.2, 0.25) is 0 Å². The fourth-order valence-electron chi connectivity index (χ4n) is 2.44. The molecule has 1 aliphatic heterocycles. The van der Waals surface area contributed by atoms with E-state index >= 15 is 0 Å². The Morgan fingerprint density at radius 2 is 1.81 bits per heavy atom. The minimum atomic E-state index is -3.22. The maximum absolute atomic E-state index is 12.0. The zero-order valence-corrected chi connectivity index (χ0v) is 15.1. The highest BCUT2D eigenvalue weighted by molar-refractivity contribution is 7.91. The van der Waals surface area contributed by atoms with Gasteiger partial charge in [0.2, 0.25) is 12.7 Å². The SMILES string of the molecule is CCS(=O)(=O)c1ccc(NCC(=O)NCc2ccc3c(c2)OCO3)cc1. The molecule has 0 saturated carbocycles. The number of anilines is 1. The van der Waals surface area contributed by atoms with Crippen LogP contribution in [0, 0.1) is 0 Å². The first-order chi connectivity index (χ1) is 12.5. The molecule has 2 aromatic rings. The van der Waals surface area contributed by atoms with Crippen LogP contribution in [0.3, 0.4) is 0 Å². The molecule has 0 spiro atoms. The second-order valence-electron chi connectivity index (χ2n) is 5.75. The number of ether oxygens (including phenoxy) is 2. The standard InChI is InChI=1S/C18H20N2O5S/c1-2-26(22,23)15-6-4-14(5-7-15)19-11-18(21)20-10-13-3-8-16-17(9-13)25-12-24-16/h3-9,19H,2,10-12H2,1H3,(H,20,21). The Morgan fingerprint density at radius 3 is 2.54 bits per heavy atom. The third-order valence-electron chi connectivity index (χ3n) is 3.97. The molecule has 1 heterocycles. The number of amides is 1. The number of carbonyl (C=O) groups is 1. The maximum Gasteiger partial charge on any atom is 0.239 e. The van der Waals surface area contributed by atoms with Gasteiger partial charge in [-0.05, 0) is 42.0 Å². The first-order valence-corrected chi connectivity index (χ1v) is 9.85. The molecule has 0 fully saturated rings. The van der Waals surface area contributed by atoms with E-state index in [9.17, 15) is 13.2 Å². The van der Waals surface area contributed by atoms with Crippen molar-refractivity contribution in [3.05, 3.63) is 48.0 Å². The highest BCUT2D eigenvalue weighted by Gasteiger charge is 2.13. The van der Waals surface area contributed by atoms with E-state index in [-0.39, 0.29) is 29.9 Å². The molecular formula is C18H20N2O5S. The molecule has 8 heteroatoms. The number of sulfone groups is 1. The van der Waals surface area contributed by atoms with Gasteiger partial charge >= 0.3 is 0 Å². The minimum Gasteiger partial charge on any atom is -0.454 e. The van der Waals surface area contributed by atoms with Gasteiger partial charge < -0.3 is 20.1 Å². The fraction of sp³-hybridized carbons (Fsp3) is 0.278. The van der Waals surface area contributed by atoms with Gasteiger partial charge in [0, 0.05) is 12.2 Å². The van der Waals surface area contributed by atoms with Crippen LogP contribution < -0.4 is 20.1 Å². The summed E-state index contributed by atoms with van der Waals surface area (Å²) in [5, 5.41) is 5.78. The molecule has 0 bridgehead atoms. The summed E-state index contributed by atoms with van der Waals surface area (Å²) >= 11 is 0. The van der Waals surface area contributed by atoms with Crippen molar-refractivity contribution in [3.63, 3.8) is 0 Å². The Hall–Kier alpha value is -2.74. The lowest BCUT2D eigenvalue weighted by atomic mass is 10.2. The Bertz CT molecular complexity index is 894. The molecule has 3 rings (SSSR count). The first kappa shape index (κ1) is 18.1. The molecule has 0 saturated heterocycles. The zero-order valence-electron chi connectivity index (χ0n) is 14.3. The number of carbonyl (C=O) groups excluding carboxylic acids is 1. The molecule has 0 aromatic heterocycles. The van der Waals surface area contributed by atoms with Crippen molar-refractivity contribution in [3.8, 4) is 11.5 Å². The fourth-order valence-corrected chi connectivity index (χ4v) is 3.33. The molecule has 138 valence electrons. The number of fused-ring (bicyclic) bond motifs is 1. The summed E-state index contributed by atoms with van der Waals surface area (Å²) in [5.41, 5.74) is 1.59. The van der Waals surface area contributed by atoms with Gasteiger partial charge in [0.05, 0.1) is 17.2 Å². The van der Waals surface area contributed by atoms with E-state index in [4.69, 9.17) is 9.47 Å². The van der Waals surface area contributed by atoms with E-state index in [0.717, 1.165) is 5.56 Å². The molecule has 0 unspecified atom stereocenters. The van der Waals surface area contributed by atoms with Crippen molar-refractivity contribution in [1.82, 2.24) is 5.32 Å². The maximum atomic E-state index is 12.0. The van der Waals surface area contributed by atoms with Gasteiger partial charge in [0.15, 0.2) is 21.3 Å². The van der Waals surface area contributed by atoms with Gasteiger partial charge in [0.25, 0.3) is 0 Å². The predicted molar refractivity (Wildman–Crippen MR) is 97.1 cm³/mol. The van der Waals surface area contributed by atoms with Crippen LogP contribution in [0.5, 0.6) is 11.5 Å². The minimum absolute atomic E-state index is 0.0576. The number of benzene rings is 2. The van der Waals surface area contributed by atoms with Crippen molar-refractivity contribution >= 4 is 21.4 Å². The van der Waals surface area contributed by atoms with E-state index in [1.807, 2.05) is 18.2 Å². The van der Waals surface area contributed by atoms with E-state index in [0.29, 0.717) is 23.7 Å². The summed E-state index contributed by atoms with van der Waals surface area (Å²) in [6, 6.07) is 11.9. The molecule has 1 aliphatic rings. The highest BCUT2D eigenvalue weighted by Crippen LogP contribution is 2.32. The first-order valence-electron chi connectivity index (χ1n) is 8.20. The van der Waals surface area contributed by atoms with Crippen molar-refractivity contribution in [2.24, 2.45) is 0 Å². The van der Waals surface area contributed by atoms with Crippen LogP contribution in [0.15, 0.2) is 47.4 Å². The summed E-state index contributed by atoms with van der Waals surface area (Å²) in [6.07, 6.45) is 0. The lowest BCUT2D eigenvalue weighted by Gasteiger charge is -2.09. The second-order valence-corrected chi connectivity index (χ2v) is 8.02. The van der Waals surface area contributed by atoms with Crippen LogP contribution in [0.4, 0.5) is 5.69 Å². The Balaban J connectivity index is 1.48. The molecule has 0 radical (unpaired) electrons. The molecular weight excluding hydrogens is 356 g/mol. The Labute approximate surface area is 152 Å². The zero-order chi connectivity index (χ0) is 18.6. The van der Waals surface area contributed by atoms with Crippen molar-refractivity contribution in [2.75, 3.05) is 24.4 Å². The molecule has 1 amide bonds. The topological polar surface area (TPSA) is 93.7 Å². The molecule has 2 aromatic carbocycles. The van der Waals surface area contributed by atoms with Crippen LogP contribution in [-0.4, -0.2) is 33.4 Å². The van der Waals surface area contributed by atoms with Gasteiger partial charge in [-0.25, -0.2) is 8.42 Å². The molecule has 0 atom stereocenters. The van der Waals surface area contributed by atoms with Crippen LogP contribution in [-0.2, 0) is 21.2 Å². The lowest BCUT2D eigenvalue weighted by Crippen LogP contribution is -2.29. The van der Waals surface area contributed by atoms with Gasteiger partial charge in [0.1, 0.15) is 0 Å².